The maximum Gasteiger partial charge on any atom is 0.137 e. The molecule has 0 amide bonds. The highest BCUT2D eigenvalue weighted by atomic mass is 35.5. The Labute approximate surface area is 130 Å². The second kappa shape index (κ2) is 7.03. The van der Waals surface area contributed by atoms with Crippen LogP contribution >= 0.6 is 23.4 Å². The van der Waals surface area contributed by atoms with E-state index in [0.717, 1.165) is 13.1 Å². The molecule has 3 atom stereocenters. The van der Waals surface area contributed by atoms with E-state index in [-0.39, 0.29) is 6.04 Å². The summed E-state index contributed by atoms with van der Waals surface area (Å²) in [6.07, 6.45) is 0. The van der Waals surface area contributed by atoms with Gasteiger partial charge in [-0.3, -0.25) is 4.90 Å². The van der Waals surface area contributed by atoms with Crippen LogP contribution in [0.2, 0.25) is 5.02 Å². The normalized spacial score (nSPS) is 25.4. The maximum absolute atomic E-state index is 6.24. The second-order valence-corrected chi connectivity index (χ2v) is 7.65. The monoisotopic (exact) mass is 314 g/mol. The van der Waals surface area contributed by atoms with Crippen molar-refractivity contribution in [2.24, 2.45) is 5.73 Å². The van der Waals surface area contributed by atoms with Crippen LogP contribution in [0, 0.1) is 0 Å². The third-order valence-electron chi connectivity index (χ3n) is 3.67. The molecule has 3 nitrogen and oxygen atoms in total. The molecule has 1 aromatic rings. The molecule has 2 rings (SSSR count). The summed E-state index contributed by atoms with van der Waals surface area (Å²) in [5.41, 5.74) is 7.20. The van der Waals surface area contributed by atoms with E-state index in [0.29, 0.717) is 27.8 Å². The summed E-state index contributed by atoms with van der Waals surface area (Å²) in [4.78, 5) is 2.48. The van der Waals surface area contributed by atoms with Gasteiger partial charge in [0.05, 0.1) is 12.1 Å². The SMILES string of the molecule is COc1ccc(C(CN)N2CC(C)SC(C)C2)cc1Cl. The first-order valence-electron chi connectivity index (χ1n) is 6.98. The molecule has 5 heteroatoms. The van der Waals surface area contributed by atoms with Crippen molar-refractivity contribution in [3.63, 3.8) is 0 Å². The van der Waals surface area contributed by atoms with E-state index in [4.69, 9.17) is 22.1 Å². The zero-order valence-electron chi connectivity index (χ0n) is 12.3. The van der Waals surface area contributed by atoms with E-state index in [9.17, 15) is 0 Å². The van der Waals surface area contributed by atoms with Crippen molar-refractivity contribution < 1.29 is 4.74 Å². The highest BCUT2D eigenvalue weighted by Crippen LogP contribution is 2.33. The molecule has 1 aromatic carbocycles. The average Bonchev–Trinajstić information content (AvgIpc) is 2.38. The fourth-order valence-electron chi connectivity index (χ4n) is 2.86. The van der Waals surface area contributed by atoms with Crippen LogP contribution in [-0.4, -0.2) is 42.1 Å². The summed E-state index contributed by atoms with van der Waals surface area (Å²) in [7, 11) is 1.63. The Morgan fingerprint density at radius 1 is 1.40 bits per heavy atom. The van der Waals surface area contributed by atoms with Crippen LogP contribution in [0.25, 0.3) is 0 Å². The van der Waals surface area contributed by atoms with E-state index in [2.05, 4.69) is 24.8 Å². The molecule has 1 aliphatic heterocycles. The number of nitrogens with two attached hydrogens (primary N) is 1. The van der Waals surface area contributed by atoms with Gasteiger partial charge >= 0.3 is 0 Å². The molecule has 0 aliphatic carbocycles. The average molecular weight is 315 g/mol. The molecule has 0 saturated carbocycles. The van der Waals surface area contributed by atoms with Crippen molar-refractivity contribution >= 4 is 23.4 Å². The third kappa shape index (κ3) is 3.61. The van der Waals surface area contributed by atoms with E-state index in [1.165, 1.54) is 5.56 Å². The summed E-state index contributed by atoms with van der Waals surface area (Å²) in [5.74, 6) is 0.710. The van der Waals surface area contributed by atoms with Gasteiger partial charge in [0.15, 0.2) is 0 Å². The minimum atomic E-state index is 0.226. The van der Waals surface area contributed by atoms with Crippen molar-refractivity contribution in [3.05, 3.63) is 28.8 Å². The van der Waals surface area contributed by atoms with Crippen LogP contribution < -0.4 is 10.5 Å². The topological polar surface area (TPSA) is 38.5 Å². The number of nitrogens with zero attached hydrogens (tertiary/aromatic N) is 1. The molecule has 1 aliphatic rings. The Morgan fingerprint density at radius 3 is 2.55 bits per heavy atom. The first-order chi connectivity index (χ1) is 9.55. The zero-order chi connectivity index (χ0) is 14.7. The molecule has 20 heavy (non-hydrogen) atoms. The summed E-state index contributed by atoms with van der Waals surface area (Å²) in [6.45, 7) is 7.30. The number of benzene rings is 1. The van der Waals surface area contributed by atoms with Crippen LogP contribution in [0.4, 0.5) is 0 Å². The van der Waals surface area contributed by atoms with Crippen LogP contribution in [0.15, 0.2) is 18.2 Å². The highest BCUT2D eigenvalue weighted by molar-refractivity contribution is 8.00. The highest BCUT2D eigenvalue weighted by Gasteiger charge is 2.28. The minimum Gasteiger partial charge on any atom is -0.495 e. The lowest BCUT2D eigenvalue weighted by Gasteiger charge is -2.39. The summed E-state index contributed by atoms with van der Waals surface area (Å²) in [5, 5.41) is 1.93. The van der Waals surface area contributed by atoms with Crippen molar-refractivity contribution in [1.29, 1.82) is 0 Å². The Balaban J connectivity index is 2.21. The van der Waals surface area contributed by atoms with Gasteiger partial charge in [0.2, 0.25) is 0 Å². The molecule has 2 N–H and O–H groups in total. The van der Waals surface area contributed by atoms with Crippen molar-refractivity contribution in [2.45, 2.75) is 30.4 Å². The summed E-state index contributed by atoms with van der Waals surface area (Å²) >= 11 is 8.29. The molecule has 0 spiro atoms. The number of hydrogen-bond donors (Lipinski definition) is 1. The third-order valence-corrected chi connectivity index (χ3v) is 5.20. The van der Waals surface area contributed by atoms with Crippen molar-refractivity contribution in [1.82, 2.24) is 4.90 Å². The molecule has 1 fully saturated rings. The number of rotatable bonds is 4. The molecular formula is C15H23ClN2OS. The largest absolute Gasteiger partial charge is 0.495 e. The molecule has 0 aromatic heterocycles. The van der Waals surface area contributed by atoms with Gasteiger partial charge in [-0.2, -0.15) is 11.8 Å². The first kappa shape index (κ1) is 16.0. The van der Waals surface area contributed by atoms with Crippen LogP contribution in [0.1, 0.15) is 25.5 Å². The van der Waals surface area contributed by atoms with Gasteiger partial charge < -0.3 is 10.5 Å². The Morgan fingerprint density at radius 2 is 2.05 bits per heavy atom. The lowest BCUT2D eigenvalue weighted by atomic mass is 10.0. The van der Waals surface area contributed by atoms with Crippen molar-refractivity contribution in [2.75, 3.05) is 26.7 Å². The van der Waals surface area contributed by atoms with Crippen LogP contribution in [0.5, 0.6) is 5.75 Å². The van der Waals surface area contributed by atoms with Gasteiger partial charge in [-0.15, -0.1) is 0 Å². The Hall–Kier alpha value is -0.420. The fraction of sp³-hybridized carbons (Fsp3) is 0.600. The lowest BCUT2D eigenvalue weighted by molar-refractivity contribution is 0.199. The van der Waals surface area contributed by atoms with Crippen molar-refractivity contribution in [3.8, 4) is 5.75 Å². The summed E-state index contributed by atoms with van der Waals surface area (Å²) < 4.78 is 5.21. The van der Waals surface area contributed by atoms with E-state index < -0.39 is 0 Å². The molecule has 1 saturated heterocycles. The molecule has 112 valence electrons. The van der Waals surface area contributed by atoms with Gasteiger partial charge in [-0.05, 0) is 17.7 Å². The van der Waals surface area contributed by atoms with Gasteiger partial charge in [0.25, 0.3) is 0 Å². The molecule has 0 radical (unpaired) electrons. The van der Waals surface area contributed by atoms with E-state index >= 15 is 0 Å². The fourth-order valence-corrected chi connectivity index (χ4v) is 4.47. The number of methoxy groups -OCH3 is 1. The molecule has 0 bridgehead atoms. The second-order valence-electron chi connectivity index (χ2n) is 5.36. The maximum atomic E-state index is 6.24. The quantitative estimate of drug-likeness (QED) is 0.926. The predicted octanol–water partition coefficient (Wildman–Crippen LogP) is 3.17. The first-order valence-corrected chi connectivity index (χ1v) is 8.30. The summed E-state index contributed by atoms with van der Waals surface area (Å²) in [6, 6.07) is 6.20. The number of halogens is 1. The van der Waals surface area contributed by atoms with Gasteiger partial charge in [-0.1, -0.05) is 31.5 Å². The standard InChI is InChI=1S/C15H23ClN2OS/c1-10-8-18(9-11(2)20-10)14(7-17)12-4-5-15(19-3)13(16)6-12/h4-6,10-11,14H,7-9,17H2,1-3H3. The van der Waals surface area contributed by atoms with Crippen LogP contribution in [0.3, 0.4) is 0 Å². The number of ether oxygens (including phenoxy) is 1. The van der Waals surface area contributed by atoms with Gasteiger partial charge in [-0.25, -0.2) is 0 Å². The van der Waals surface area contributed by atoms with Gasteiger partial charge in [0.1, 0.15) is 5.75 Å². The molecule has 1 heterocycles. The minimum absolute atomic E-state index is 0.226. The smallest absolute Gasteiger partial charge is 0.137 e. The number of hydrogen-bond acceptors (Lipinski definition) is 4. The lowest BCUT2D eigenvalue weighted by Crippen LogP contribution is -2.44. The van der Waals surface area contributed by atoms with Gasteiger partial charge in [0, 0.05) is 36.2 Å². The van der Waals surface area contributed by atoms with Crippen LogP contribution in [-0.2, 0) is 0 Å². The molecular weight excluding hydrogens is 292 g/mol. The molecule has 3 unspecified atom stereocenters. The zero-order valence-corrected chi connectivity index (χ0v) is 13.9. The van der Waals surface area contributed by atoms with E-state index in [1.54, 1.807) is 7.11 Å². The van der Waals surface area contributed by atoms with E-state index in [1.807, 2.05) is 23.9 Å². The number of thioether (sulfide) groups is 1. The Kier molecular flexibility index (Phi) is 5.61. The Bertz CT molecular complexity index is 447. The predicted molar refractivity (Wildman–Crippen MR) is 87.9 cm³/mol.